The van der Waals surface area contributed by atoms with E-state index in [0.29, 0.717) is 11.7 Å². The van der Waals surface area contributed by atoms with E-state index in [1.54, 1.807) is 18.7 Å². The minimum Gasteiger partial charge on any atom is -0.480 e. The number of carboxylic acid groups (broad SMARTS) is 1. The first-order chi connectivity index (χ1) is 12.0. The molecule has 3 rings (SSSR count). The molecule has 0 saturated heterocycles. The van der Waals surface area contributed by atoms with E-state index in [0.717, 1.165) is 24.2 Å². The Labute approximate surface area is 146 Å². The number of hydrogen-bond donors (Lipinski definition) is 2. The number of rotatable bonds is 7. The number of likely N-dealkylation sites (N-methyl/N-ethyl adjacent to an activating group) is 1. The van der Waals surface area contributed by atoms with Gasteiger partial charge in [0.15, 0.2) is 0 Å². The monoisotopic (exact) mass is 342 g/mol. The van der Waals surface area contributed by atoms with Crippen molar-refractivity contribution in [1.82, 2.24) is 14.7 Å². The summed E-state index contributed by atoms with van der Waals surface area (Å²) in [6.45, 7) is 1.54. The fraction of sp³-hybridized carbons (Fsp3) is 0.389. The predicted molar refractivity (Wildman–Crippen MR) is 93.9 cm³/mol. The number of amides is 1. The molecule has 1 atom stereocenters. The Morgan fingerprint density at radius 1 is 1.36 bits per heavy atom. The van der Waals surface area contributed by atoms with Crippen LogP contribution in [0, 0.1) is 0 Å². The second-order valence-corrected chi connectivity index (χ2v) is 6.45. The minimum atomic E-state index is -0.958. The van der Waals surface area contributed by atoms with Gasteiger partial charge in [-0.25, -0.2) is 4.68 Å². The van der Waals surface area contributed by atoms with Crippen LogP contribution in [-0.2, 0) is 9.59 Å². The molecule has 2 N–H and O–H groups in total. The maximum absolute atomic E-state index is 12.3. The Balaban J connectivity index is 1.77. The highest BCUT2D eigenvalue weighted by molar-refractivity contribution is 5.92. The molecule has 1 heterocycles. The van der Waals surface area contributed by atoms with Crippen LogP contribution in [0.3, 0.4) is 0 Å². The molecular formula is C18H22N4O3. The summed E-state index contributed by atoms with van der Waals surface area (Å²) < 4.78 is 1.73. The molecule has 25 heavy (non-hydrogen) atoms. The average Bonchev–Trinajstić information content (AvgIpc) is 3.36. The van der Waals surface area contributed by atoms with Gasteiger partial charge in [0.25, 0.3) is 0 Å². The number of carboxylic acids is 1. The summed E-state index contributed by atoms with van der Waals surface area (Å²) >= 11 is 0. The van der Waals surface area contributed by atoms with Crippen LogP contribution in [0.25, 0.3) is 5.69 Å². The second kappa shape index (κ2) is 7.06. The van der Waals surface area contributed by atoms with Crippen molar-refractivity contribution in [1.29, 1.82) is 0 Å². The Morgan fingerprint density at radius 3 is 2.64 bits per heavy atom. The molecule has 0 spiro atoms. The molecule has 1 aliphatic carbocycles. The van der Waals surface area contributed by atoms with Crippen molar-refractivity contribution in [3.05, 3.63) is 42.1 Å². The molecule has 1 saturated carbocycles. The largest absolute Gasteiger partial charge is 0.480 e. The lowest BCUT2D eigenvalue weighted by molar-refractivity contribution is -0.142. The Bertz CT molecular complexity index is 768. The number of hydrogen-bond acceptors (Lipinski definition) is 4. The highest BCUT2D eigenvalue weighted by Crippen LogP contribution is 2.40. The van der Waals surface area contributed by atoms with Crippen molar-refractivity contribution in [3.63, 3.8) is 0 Å². The number of aromatic nitrogens is 2. The van der Waals surface area contributed by atoms with Crippen molar-refractivity contribution in [2.24, 2.45) is 0 Å². The van der Waals surface area contributed by atoms with Gasteiger partial charge in [-0.2, -0.15) is 5.10 Å². The van der Waals surface area contributed by atoms with Gasteiger partial charge >= 0.3 is 5.97 Å². The van der Waals surface area contributed by atoms with E-state index < -0.39 is 12.0 Å². The van der Waals surface area contributed by atoms with Gasteiger partial charge in [-0.15, -0.1) is 0 Å². The maximum Gasteiger partial charge on any atom is 0.320 e. The minimum absolute atomic E-state index is 0.00774. The van der Waals surface area contributed by atoms with Gasteiger partial charge in [-0.1, -0.05) is 18.2 Å². The number of benzene rings is 1. The molecule has 1 fully saturated rings. The lowest BCUT2D eigenvalue weighted by Gasteiger charge is -2.20. The Morgan fingerprint density at radius 2 is 2.04 bits per heavy atom. The Kier molecular flexibility index (Phi) is 4.85. The van der Waals surface area contributed by atoms with Crippen LogP contribution < -0.4 is 5.32 Å². The standard InChI is InChI=1S/C18H22N4O3/c1-12(18(24)25)21(2)11-17(23)19-16-10-15(13-8-9-13)20-22(16)14-6-4-3-5-7-14/h3-7,10,12-13H,8-9,11H2,1-2H3,(H,19,23)(H,24,25). The summed E-state index contributed by atoms with van der Waals surface area (Å²) in [5.41, 5.74) is 1.85. The lowest BCUT2D eigenvalue weighted by atomic mass is 10.3. The van der Waals surface area contributed by atoms with Crippen molar-refractivity contribution in [3.8, 4) is 5.69 Å². The van der Waals surface area contributed by atoms with E-state index in [1.165, 1.54) is 4.90 Å². The van der Waals surface area contributed by atoms with Gasteiger partial charge in [0.1, 0.15) is 11.9 Å². The summed E-state index contributed by atoms with van der Waals surface area (Å²) in [4.78, 5) is 24.8. The van der Waals surface area contributed by atoms with Gasteiger partial charge in [-0.05, 0) is 38.9 Å². The van der Waals surface area contributed by atoms with E-state index in [4.69, 9.17) is 5.11 Å². The van der Waals surface area contributed by atoms with E-state index in [-0.39, 0.29) is 12.5 Å². The molecule has 7 nitrogen and oxygen atoms in total. The van der Waals surface area contributed by atoms with Crippen LogP contribution in [0.1, 0.15) is 31.4 Å². The summed E-state index contributed by atoms with van der Waals surface area (Å²) in [5, 5.41) is 16.5. The lowest BCUT2D eigenvalue weighted by Crippen LogP contribution is -2.40. The SMILES string of the molecule is CC(C(=O)O)N(C)CC(=O)Nc1cc(C2CC2)nn1-c1ccccc1. The molecule has 1 amide bonds. The third-order valence-corrected chi connectivity index (χ3v) is 4.40. The number of carbonyl (C=O) groups excluding carboxylic acids is 1. The molecule has 7 heteroatoms. The van der Waals surface area contributed by atoms with Crippen molar-refractivity contribution >= 4 is 17.7 Å². The molecule has 1 aliphatic rings. The van der Waals surface area contributed by atoms with Crippen LogP contribution in [0.15, 0.2) is 36.4 Å². The van der Waals surface area contributed by atoms with E-state index in [1.807, 2.05) is 36.4 Å². The smallest absolute Gasteiger partial charge is 0.320 e. The zero-order valence-electron chi connectivity index (χ0n) is 14.3. The number of aliphatic carboxylic acids is 1. The van der Waals surface area contributed by atoms with Gasteiger partial charge in [-0.3, -0.25) is 14.5 Å². The van der Waals surface area contributed by atoms with Gasteiger partial charge in [0.2, 0.25) is 5.91 Å². The molecule has 1 unspecified atom stereocenters. The molecule has 0 bridgehead atoms. The molecule has 1 aromatic heterocycles. The van der Waals surface area contributed by atoms with Crippen LogP contribution in [0.4, 0.5) is 5.82 Å². The number of anilines is 1. The van der Waals surface area contributed by atoms with Crippen LogP contribution in [0.2, 0.25) is 0 Å². The third-order valence-electron chi connectivity index (χ3n) is 4.40. The quantitative estimate of drug-likeness (QED) is 0.804. The number of nitrogens with one attached hydrogen (secondary N) is 1. The molecule has 132 valence electrons. The summed E-state index contributed by atoms with van der Waals surface area (Å²) in [6.07, 6.45) is 2.25. The fourth-order valence-electron chi connectivity index (χ4n) is 2.57. The molecule has 0 aliphatic heterocycles. The summed E-state index contributed by atoms with van der Waals surface area (Å²) in [6, 6.07) is 10.8. The first kappa shape index (κ1) is 17.2. The predicted octanol–water partition coefficient (Wildman–Crippen LogP) is 2.09. The first-order valence-electron chi connectivity index (χ1n) is 8.34. The molecule has 2 aromatic rings. The summed E-state index contributed by atoms with van der Waals surface area (Å²) in [5.74, 6) is -0.152. The zero-order valence-corrected chi connectivity index (χ0v) is 14.3. The molecule has 0 radical (unpaired) electrons. The molecular weight excluding hydrogens is 320 g/mol. The van der Waals surface area contributed by atoms with E-state index in [9.17, 15) is 9.59 Å². The van der Waals surface area contributed by atoms with Gasteiger partial charge < -0.3 is 10.4 Å². The van der Waals surface area contributed by atoms with Gasteiger partial charge in [0.05, 0.1) is 17.9 Å². The zero-order chi connectivity index (χ0) is 18.0. The van der Waals surface area contributed by atoms with E-state index in [2.05, 4.69) is 10.4 Å². The highest BCUT2D eigenvalue weighted by atomic mass is 16.4. The first-order valence-corrected chi connectivity index (χ1v) is 8.34. The topological polar surface area (TPSA) is 87.5 Å². The highest BCUT2D eigenvalue weighted by Gasteiger charge is 2.28. The van der Waals surface area contributed by atoms with Gasteiger partial charge in [0, 0.05) is 12.0 Å². The van der Waals surface area contributed by atoms with Crippen molar-refractivity contribution < 1.29 is 14.7 Å². The number of nitrogens with zero attached hydrogens (tertiary/aromatic N) is 3. The van der Waals surface area contributed by atoms with Crippen LogP contribution in [0.5, 0.6) is 0 Å². The van der Waals surface area contributed by atoms with Crippen LogP contribution >= 0.6 is 0 Å². The number of carbonyl (C=O) groups is 2. The fourth-order valence-corrected chi connectivity index (χ4v) is 2.57. The molecule has 1 aromatic carbocycles. The van der Waals surface area contributed by atoms with Crippen molar-refractivity contribution in [2.45, 2.75) is 31.7 Å². The second-order valence-electron chi connectivity index (χ2n) is 6.45. The maximum atomic E-state index is 12.3. The Hall–Kier alpha value is -2.67. The normalized spacial score (nSPS) is 15.2. The third kappa shape index (κ3) is 4.06. The number of para-hydroxylation sites is 1. The van der Waals surface area contributed by atoms with E-state index >= 15 is 0 Å². The average molecular weight is 342 g/mol. The van der Waals surface area contributed by atoms with Crippen LogP contribution in [-0.4, -0.2) is 51.3 Å². The van der Waals surface area contributed by atoms with Crippen molar-refractivity contribution in [2.75, 3.05) is 18.9 Å². The summed E-state index contributed by atoms with van der Waals surface area (Å²) in [7, 11) is 1.61.